The Morgan fingerprint density at radius 3 is 2.17 bits per heavy atom. The Hall–Kier alpha value is -5.43. The van der Waals surface area contributed by atoms with Gasteiger partial charge < -0.3 is 14.2 Å². The van der Waals surface area contributed by atoms with Crippen LogP contribution in [0.3, 0.4) is 0 Å². The van der Waals surface area contributed by atoms with Gasteiger partial charge in [-0.3, -0.25) is 4.79 Å². The van der Waals surface area contributed by atoms with E-state index >= 15 is 0 Å². The zero-order chi connectivity index (χ0) is 27.7. The molecule has 0 heterocycles. The highest BCUT2D eigenvalue weighted by Gasteiger charge is 2.14. The fraction of sp³-hybridized carbons (Fsp3) is 0.0606. The van der Waals surface area contributed by atoms with E-state index in [0.29, 0.717) is 40.5 Å². The van der Waals surface area contributed by atoms with Gasteiger partial charge in [-0.25, -0.2) is 10.2 Å². The second-order valence-corrected chi connectivity index (χ2v) is 8.81. The molecule has 7 heteroatoms. The van der Waals surface area contributed by atoms with Crippen LogP contribution in [-0.4, -0.2) is 25.2 Å². The molecule has 1 N–H and O–H groups in total. The standard InChI is InChI=1S/C33H26N2O5/c1-38-27-16-13-26(14-17-27)33(37)40-31-20-15-24-9-5-6-10-29(24)30(31)21-34-35-32(36)25-11-18-28(19-12-25)39-22-23-7-3-2-4-8-23/h2-21H,22H2,1H3,(H,35,36)/b34-21+. The van der Waals surface area contributed by atoms with Crippen LogP contribution in [0.2, 0.25) is 0 Å². The Kier molecular flexibility index (Phi) is 8.12. The van der Waals surface area contributed by atoms with Crippen molar-refractivity contribution in [2.24, 2.45) is 5.10 Å². The first kappa shape index (κ1) is 26.2. The highest BCUT2D eigenvalue weighted by Crippen LogP contribution is 2.28. The van der Waals surface area contributed by atoms with Crippen LogP contribution >= 0.6 is 0 Å². The number of carbonyl (C=O) groups excluding carboxylic acids is 2. The van der Waals surface area contributed by atoms with Gasteiger partial charge in [0.2, 0.25) is 0 Å². The third-order valence-electron chi connectivity index (χ3n) is 6.18. The molecule has 0 saturated heterocycles. The highest BCUT2D eigenvalue weighted by molar-refractivity contribution is 6.04. The second kappa shape index (κ2) is 12.4. The molecule has 1 amide bonds. The SMILES string of the molecule is COc1ccc(C(=O)Oc2ccc3ccccc3c2/C=N/NC(=O)c2ccc(OCc3ccccc3)cc2)cc1. The summed E-state index contributed by atoms with van der Waals surface area (Å²) in [6.45, 7) is 0.438. The van der Waals surface area contributed by atoms with Crippen molar-refractivity contribution in [3.05, 3.63) is 138 Å². The fourth-order valence-corrected chi connectivity index (χ4v) is 4.05. The molecule has 0 unspecified atom stereocenters. The molecule has 5 aromatic carbocycles. The first-order chi connectivity index (χ1) is 19.6. The Balaban J connectivity index is 1.29. The Bertz CT molecular complexity index is 1650. The van der Waals surface area contributed by atoms with Crippen LogP contribution in [0.4, 0.5) is 0 Å². The first-order valence-electron chi connectivity index (χ1n) is 12.6. The number of nitrogens with one attached hydrogen (secondary N) is 1. The van der Waals surface area contributed by atoms with Crippen molar-refractivity contribution in [1.29, 1.82) is 0 Å². The minimum atomic E-state index is -0.522. The van der Waals surface area contributed by atoms with E-state index in [0.717, 1.165) is 16.3 Å². The van der Waals surface area contributed by atoms with E-state index in [1.807, 2.05) is 60.7 Å². The van der Waals surface area contributed by atoms with Gasteiger partial charge in [0.15, 0.2) is 0 Å². The molecule has 0 atom stereocenters. The maximum Gasteiger partial charge on any atom is 0.343 e. The molecule has 0 radical (unpaired) electrons. The van der Waals surface area contributed by atoms with E-state index in [1.54, 1.807) is 61.7 Å². The van der Waals surface area contributed by atoms with Crippen molar-refractivity contribution < 1.29 is 23.8 Å². The normalized spacial score (nSPS) is 10.8. The molecule has 0 aliphatic rings. The van der Waals surface area contributed by atoms with Gasteiger partial charge >= 0.3 is 5.97 Å². The lowest BCUT2D eigenvalue weighted by atomic mass is 10.0. The number of ether oxygens (including phenoxy) is 3. The molecule has 5 rings (SSSR count). The second-order valence-electron chi connectivity index (χ2n) is 8.81. The lowest BCUT2D eigenvalue weighted by molar-refractivity contribution is 0.0734. The van der Waals surface area contributed by atoms with Crippen LogP contribution in [0.5, 0.6) is 17.2 Å². The van der Waals surface area contributed by atoms with Crippen LogP contribution in [0.15, 0.2) is 120 Å². The topological polar surface area (TPSA) is 86.2 Å². The number of amides is 1. The van der Waals surface area contributed by atoms with Gasteiger partial charge in [0.25, 0.3) is 5.91 Å². The zero-order valence-corrected chi connectivity index (χ0v) is 21.7. The monoisotopic (exact) mass is 530 g/mol. The van der Waals surface area contributed by atoms with E-state index in [1.165, 1.54) is 6.21 Å². The van der Waals surface area contributed by atoms with Gasteiger partial charge in [0.05, 0.1) is 18.9 Å². The Labute approximate surface area is 231 Å². The van der Waals surface area contributed by atoms with Crippen LogP contribution in [0, 0.1) is 0 Å². The summed E-state index contributed by atoms with van der Waals surface area (Å²) in [6.07, 6.45) is 1.48. The van der Waals surface area contributed by atoms with Crippen molar-refractivity contribution in [2.75, 3.05) is 7.11 Å². The summed E-state index contributed by atoms with van der Waals surface area (Å²) < 4.78 is 16.7. The average molecular weight is 531 g/mol. The van der Waals surface area contributed by atoms with E-state index in [4.69, 9.17) is 14.2 Å². The molecule has 0 fully saturated rings. The van der Waals surface area contributed by atoms with Gasteiger partial charge in [-0.1, -0.05) is 60.7 Å². The Morgan fingerprint density at radius 2 is 1.43 bits per heavy atom. The third-order valence-corrected chi connectivity index (χ3v) is 6.18. The summed E-state index contributed by atoms with van der Waals surface area (Å²) in [7, 11) is 1.56. The predicted molar refractivity (Wildman–Crippen MR) is 154 cm³/mol. The first-order valence-corrected chi connectivity index (χ1v) is 12.6. The van der Waals surface area contributed by atoms with Gasteiger partial charge in [-0.15, -0.1) is 0 Å². The maximum absolute atomic E-state index is 12.8. The number of esters is 1. The van der Waals surface area contributed by atoms with E-state index in [9.17, 15) is 9.59 Å². The maximum atomic E-state index is 12.8. The van der Waals surface area contributed by atoms with Crippen molar-refractivity contribution >= 4 is 28.9 Å². The molecule has 5 aromatic rings. The van der Waals surface area contributed by atoms with Crippen LogP contribution in [0.25, 0.3) is 10.8 Å². The molecule has 0 bridgehead atoms. The molecule has 0 aliphatic carbocycles. The quantitative estimate of drug-likeness (QED) is 0.103. The van der Waals surface area contributed by atoms with Crippen molar-refractivity contribution in [3.63, 3.8) is 0 Å². The largest absolute Gasteiger partial charge is 0.497 e. The van der Waals surface area contributed by atoms with E-state index in [-0.39, 0.29) is 5.91 Å². The number of benzene rings is 5. The molecule has 40 heavy (non-hydrogen) atoms. The summed E-state index contributed by atoms with van der Waals surface area (Å²) >= 11 is 0. The van der Waals surface area contributed by atoms with Crippen molar-refractivity contribution in [2.45, 2.75) is 6.61 Å². The van der Waals surface area contributed by atoms with Crippen LogP contribution in [-0.2, 0) is 6.61 Å². The van der Waals surface area contributed by atoms with Gasteiger partial charge in [0, 0.05) is 11.1 Å². The molecule has 198 valence electrons. The zero-order valence-electron chi connectivity index (χ0n) is 21.7. The number of rotatable bonds is 9. The summed E-state index contributed by atoms with van der Waals surface area (Å²) in [5.41, 5.74) is 4.97. The minimum Gasteiger partial charge on any atom is -0.497 e. The lowest BCUT2D eigenvalue weighted by Gasteiger charge is -2.11. The van der Waals surface area contributed by atoms with Crippen molar-refractivity contribution in [3.8, 4) is 17.2 Å². The van der Waals surface area contributed by atoms with Crippen LogP contribution in [0.1, 0.15) is 31.8 Å². The number of hydrogen-bond acceptors (Lipinski definition) is 6. The van der Waals surface area contributed by atoms with E-state index < -0.39 is 5.97 Å². The summed E-state index contributed by atoms with van der Waals surface area (Å²) in [5, 5.41) is 5.92. The van der Waals surface area contributed by atoms with Crippen molar-refractivity contribution in [1.82, 2.24) is 5.43 Å². The molecule has 0 saturated carbocycles. The summed E-state index contributed by atoms with van der Waals surface area (Å²) in [5.74, 6) is 0.703. The van der Waals surface area contributed by atoms with Crippen LogP contribution < -0.4 is 19.6 Å². The number of hydrazone groups is 1. The Morgan fingerprint density at radius 1 is 0.750 bits per heavy atom. The average Bonchev–Trinajstić information content (AvgIpc) is 3.01. The lowest BCUT2D eigenvalue weighted by Crippen LogP contribution is -2.17. The number of hydrogen-bond donors (Lipinski definition) is 1. The predicted octanol–water partition coefficient (Wildman–Crippen LogP) is 6.41. The number of nitrogens with zero attached hydrogens (tertiary/aromatic N) is 1. The van der Waals surface area contributed by atoms with E-state index in [2.05, 4.69) is 10.5 Å². The van der Waals surface area contributed by atoms with Gasteiger partial charge in [-0.05, 0) is 70.9 Å². The molecule has 0 spiro atoms. The highest BCUT2D eigenvalue weighted by atomic mass is 16.5. The molecule has 0 aliphatic heterocycles. The molecule has 7 nitrogen and oxygen atoms in total. The number of fused-ring (bicyclic) bond motifs is 1. The summed E-state index contributed by atoms with van der Waals surface area (Å²) in [6, 6.07) is 34.5. The fourth-order valence-electron chi connectivity index (χ4n) is 4.05. The number of carbonyl (C=O) groups is 2. The third kappa shape index (κ3) is 6.34. The summed E-state index contributed by atoms with van der Waals surface area (Å²) in [4.78, 5) is 25.6. The minimum absolute atomic E-state index is 0.317. The van der Waals surface area contributed by atoms with Gasteiger partial charge in [-0.2, -0.15) is 5.10 Å². The smallest absolute Gasteiger partial charge is 0.343 e. The van der Waals surface area contributed by atoms with Gasteiger partial charge in [0.1, 0.15) is 23.9 Å². The molecular formula is C33H26N2O5. The molecule has 0 aromatic heterocycles. The molecular weight excluding hydrogens is 504 g/mol. The number of methoxy groups -OCH3 is 1.